The van der Waals surface area contributed by atoms with Crippen LogP contribution in [0.3, 0.4) is 0 Å². The van der Waals surface area contributed by atoms with E-state index < -0.39 is 23.4 Å². The molecule has 1 spiro atoms. The number of nitrogens with one attached hydrogen (secondary N) is 1. The Morgan fingerprint density at radius 3 is 2.46 bits per heavy atom. The Balaban J connectivity index is 1.70. The Hall–Kier alpha value is -3.03. The zero-order chi connectivity index (χ0) is 19.9. The number of hydrogen-bond donors (Lipinski definition) is 1. The first-order valence-corrected chi connectivity index (χ1v) is 9.23. The zero-order valence-electron chi connectivity index (χ0n) is 15.8. The molecule has 0 atom stereocenters. The second kappa shape index (κ2) is 6.85. The lowest BCUT2D eigenvalue weighted by Gasteiger charge is -2.34. The molecule has 4 rings (SSSR count). The lowest BCUT2D eigenvalue weighted by atomic mass is 9.78. The third-order valence-electron chi connectivity index (χ3n) is 5.48. The molecule has 1 amide bonds. The van der Waals surface area contributed by atoms with Crippen molar-refractivity contribution >= 4 is 23.5 Å². The Morgan fingerprint density at radius 1 is 1.11 bits per heavy atom. The lowest BCUT2D eigenvalue weighted by Crippen LogP contribution is -2.39. The fraction of sp³-hybridized carbons (Fsp3) is 0.450. The molecule has 8 heteroatoms. The summed E-state index contributed by atoms with van der Waals surface area (Å²) in [5, 5.41) is 2.75. The van der Waals surface area contributed by atoms with Crippen LogP contribution in [-0.2, 0) is 19.1 Å². The van der Waals surface area contributed by atoms with E-state index in [9.17, 15) is 14.4 Å². The summed E-state index contributed by atoms with van der Waals surface area (Å²) in [4.78, 5) is 37.6. The van der Waals surface area contributed by atoms with Crippen LogP contribution in [0.1, 0.15) is 49.4 Å². The monoisotopic (exact) mass is 387 g/mol. The predicted molar refractivity (Wildman–Crippen MR) is 97.1 cm³/mol. The minimum absolute atomic E-state index is 0.0308. The van der Waals surface area contributed by atoms with E-state index in [0.717, 1.165) is 19.3 Å². The van der Waals surface area contributed by atoms with Gasteiger partial charge in [-0.2, -0.15) is 0 Å². The van der Waals surface area contributed by atoms with Crippen LogP contribution in [0.25, 0.3) is 0 Å². The normalized spacial score (nSPS) is 19.6. The summed E-state index contributed by atoms with van der Waals surface area (Å²) in [5.74, 6) is -0.734. The van der Waals surface area contributed by atoms with Crippen molar-refractivity contribution in [2.75, 3.05) is 19.2 Å². The van der Waals surface area contributed by atoms with E-state index in [1.165, 1.54) is 19.2 Å². The van der Waals surface area contributed by atoms with Crippen LogP contribution in [0.2, 0.25) is 0 Å². The van der Waals surface area contributed by atoms with E-state index in [4.69, 9.17) is 18.9 Å². The highest BCUT2D eigenvalue weighted by Gasteiger charge is 2.49. The molecular weight excluding hydrogens is 366 g/mol. The van der Waals surface area contributed by atoms with Crippen LogP contribution in [0, 0.1) is 0 Å². The van der Waals surface area contributed by atoms with Gasteiger partial charge in [-0.15, -0.1) is 0 Å². The topological polar surface area (TPSA) is 100 Å². The summed E-state index contributed by atoms with van der Waals surface area (Å²) in [6.07, 6.45) is 4.04. The van der Waals surface area contributed by atoms with Crippen molar-refractivity contribution in [1.29, 1.82) is 0 Å². The number of anilines is 1. The maximum absolute atomic E-state index is 13.2. The van der Waals surface area contributed by atoms with Crippen LogP contribution in [0.15, 0.2) is 23.3 Å². The molecular formula is C20H21NO7. The number of fused-ring (bicyclic) bond motifs is 1. The van der Waals surface area contributed by atoms with Gasteiger partial charge in [0.05, 0.1) is 23.9 Å². The summed E-state index contributed by atoms with van der Waals surface area (Å²) >= 11 is 0. The Morgan fingerprint density at radius 2 is 1.79 bits per heavy atom. The molecule has 0 aromatic heterocycles. The van der Waals surface area contributed by atoms with Gasteiger partial charge < -0.3 is 24.3 Å². The average molecular weight is 387 g/mol. The summed E-state index contributed by atoms with van der Waals surface area (Å²) in [6, 6.07) is 2.99. The van der Waals surface area contributed by atoms with Crippen molar-refractivity contribution in [3.63, 3.8) is 0 Å². The number of methoxy groups -OCH3 is 1. The van der Waals surface area contributed by atoms with Gasteiger partial charge in [-0.05, 0) is 32.6 Å². The number of benzene rings is 1. The molecule has 0 saturated heterocycles. The van der Waals surface area contributed by atoms with Crippen LogP contribution in [0.5, 0.6) is 11.5 Å². The van der Waals surface area contributed by atoms with Gasteiger partial charge in [-0.1, -0.05) is 6.42 Å². The van der Waals surface area contributed by atoms with Gasteiger partial charge in [0.25, 0.3) is 5.91 Å². The largest absolute Gasteiger partial charge is 0.465 e. The number of amides is 1. The van der Waals surface area contributed by atoms with Crippen molar-refractivity contribution in [3.05, 3.63) is 28.8 Å². The predicted octanol–water partition coefficient (Wildman–Crippen LogP) is 2.72. The summed E-state index contributed by atoms with van der Waals surface area (Å²) < 4.78 is 21.1. The average Bonchev–Trinajstić information content (AvgIpc) is 3.23. The molecule has 148 valence electrons. The van der Waals surface area contributed by atoms with Crippen molar-refractivity contribution in [1.82, 2.24) is 0 Å². The number of ether oxygens (including phenoxy) is 4. The highest BCUT2D eigenvalue weighted by molar-refractivity contribution is 6.14. The maximum atomic E-state index is 13.2. The molecule has 0 bridgehead atoms. The fourth-order valence-corrected chi connectivity index (χ4v) is 4.11. The molecule has 1 fully saturated rings. The van der Waals surface area contributed by atoms with E-state index in [-0.39, 0.29) is 18.0 Å². The van der Waals surface area contributed by atoms with Gasteiger partial charge in [0, 0.05) is 17.7 Å². The highest BCUT2D eigenvalue weighted by Crippen LogP contribution is 2.44. The molecule has 2 heterocycles. The van der Waals surface area contributed by atoms with E-state index >= 15 is 0 Å². The molecule has 8 nitrogen and oxygen atoms in total. The van der Waals surface area contributed by atoms with Crippen molar-refractivity contribution < 1.29 is 33.3 Å². The van der Waals surface area contributed by atoms with Crippen LogP contribution < -0.4 is 14.8 Å². The fourth-order valence-electron chi connectivity index (χ4n) is 4.11. The number of carbonyl (C=O) groups excluding carboxylic acids is 3. The standard InChI is InChI=1S/C20H21NO7/c1-11-16(20(28-18(11)23)6-4-3-5-7-20)17(22)21-13-9-15-14(26-10-27-15)8-12(13)19(24)25-2/h8-9H,3-7,10H2,1-2H3,(H,21,22). The van der Waals surface area contributed by atoms with E-state index in [1.54, 1.807) is 6.92 Å². The first-order valence-electron chi connectivity index (χ1n) is 9.23. The number of rotatable bonds is 3. The molecule has 1 aliphatic carbocycles. The SMILES string of the molecule is COC(=O)c1cc2c(cc1NC(=O)C1=C(C)C(=O)OC13CCCCC3)OCO2. The molecule has 0 radical (unpaired) electrons. The quantitative estimate of drug-likeness (QED) is 0.796. The lowest BCUT2D eigenvalue weighted by molar-refractivity contribution is -0.149. The second-order valence-corrected chi connectivity index (χ2v) is 7.14. The minimum atomic E-state index is -0.884. The summed E-state index contributed by atoms with van der Waals surface area (Å²) in [6.45, 7) is 1.63. The van der Waals surface area contributed by atoms with Gasteiger partial charge in [-0.25, -0.2) is 9.59 Å². The Labute approximate surface area is 161 Å². The van der Waals surface area contributed by atoms with Crippen LogP contribution >= 0.6 is 0 Å². The van der Waals surface area contributed by atoms with Crippen molar-refractivity contribution in [2.24, 2.45) is 0 Å². The van der Waals surface area contributed by atoms with Crippen LogP contribution in [0.4, 0.5) is 5.69 Å². The molecule has 1 aromatic carbocycles. The number of carbonyl (C=O) groups is 3. The molecule has 28 heavy (non-hydrogen) atoms. The molecule has 0 unspecified atom stereocenters. The second-order valence-electron chi connectivity index (χ2n) is 7.14. The number of esters is 2. The van der Waals surface area contributed by atoms with E-state index in [0.29, 0.717) is 35.5 Å². The molecule has 1 N–H and O–H groups in total. The van der Waals surface area contributed by atoms with Gasteiger partial charge >= 0.3 is 11.9 Å². The van der Waals surface area contributed by atoms with Crippen molar-refractivity contribution in [2.45, 2.75) is 44.6 Å². The molecule has 1 aromatic rings. The van der Waals surface area contributed by atoms with Gasteiger partial charge in [0.15, 0.2) is 11.5 Å². The third-order valence-corrected chi connectivity index (χ3v) is 5.48. The summed E-state index contributed by atoms with van der Waals surface area (Å²) in [7, 11) is 1.26. The first kappa shape index (κ1) is 18.3. The Bertz CT molecular complexity index is 896. The highest BCUT2D eigenvalue weighted by atomic mass is 16.7. The zero-order valence-corrected chi connectivity index (χ0v) is 15.8. The number of hydrogen-bond acceptors (Lipinski definition) is 7. The first-order chi connectivity index (χ1) is 13.4. The molecule has 2 aliphatic heterocycles. The maximum Gasteiger partial charge on any atom is 0.340 e. The Kier molecular flexibility index (Phi) is 4.49. The van der Waals surface area contributed by atoms with Crippen molar-refractivity contribution in [3.8, 4) is 11.5 Å². The summed E-state index contributed by atoms with van der Waals surface area (Å²) in [5.41, 5.74) is 0.129. The van der Waals surface area contributed by atoms with Gasteiger partial charge in [0.1, 0.15) is 5.60 Å². The molecule has 1 saturated carbocycles. The smallest absolute Gasteiger partial charge is 0.340 e. The van der Waals surface area contributed by atoms with E-state index in [2.05, 4.69) is 5.32 Å². The van der Waals surface area contributed by atoms with Gasteiger partial charge in [-0.3, -0.25) is 4.79 Å². The minimum Gasteiger partial charge on any atom is -0.465 e. The third kappa shape index (κ3) is 2.89. The molecule has 3 aliphatic rings. The van der Waals surface area contributed by atoms with Gasteiger partial charge in [0.2, 0.25) is 6.79 Å². The van der Waals surface area contributed by atoms with Crippen LogP contribution in [-0.4, -0.2) is 37.3 Å². The van der Waals surface area contributed by atoms with E-state index in [1.807, 2.05) is 0 Å².